The monoisotopic (exact) mass is 419 g/mol. The average Bonchev–Trinajstić information content (AvgIpc) is 3.20. The van der Waals surface area contributed by atoms with Crippen LogP contribution in [0.5, 0.6) is 0 Å². The topological polar surface area (TPSA) is 95.3 Å². The molecule has 2 fully saturated rings. The van der Waals surface area contributed by atoms with Crippen LogP contribution in [0.3, 0.4) is 0 Å². The third kappa shape index (κ3) is 4.41. The Morgan fingerprint density at radius 1 is 1.28 bits per heavy atom. The van der Waals surface area contributed by atoms with E-state index >= 15 is 0 Å². The summed E-state index contributed by atoms with van der Waals surface area (Å²) in [5.41, 5.74) is 7.50. The van der Waals surface area contributed by atoms with E-state index in [1.807, 2.05) is 28.0 Å². The Morgan fingerprint density at radius 3 is 2.90 bits per heavy atom. The van der Waals surface area contributed by atoms with Gasteiger partial charge in [0.05, 0.1) is 17.6 Å². The first-order valence-electron chi connectivity index (χ1n) is 10.3. The van der Waals surface area contributed by atoms with Gasteiger partial charge in [-0.05, 0) is 49.8 Å². The zero-order valence-electron chi connectivity index (χ0n) is 16.8. The smallest absolute Gasteiger partial charge is 0.253 e. The number of nitrogens with zero attached hydrogens (tertiary/aromatic N) is 3. The van der Waals surface area contributed by atoms with Gasteiger partial charge in [-0.25, -0.2) is 0 Å². The largest absolute Gasteiger partial charge is 0.338 e. The van der Waals surface area contributed by atoms with E-state index < -0.39 is 0 Å². The molecule has 3 heterocycles. The summed E-state index contributed by atoms with van der Waals surface area (Å²) < 4.78 is 0. The molecule has 1 aromatic carbocycles. The fourth-order valence-corrected chi connectivity index (χ4v) is 4.62. The van der Waals surface area contributed by atoms with Gasteiger partial charge in [-0.3, -0.25) is 14.7 Å². The highest BCUT2D eigenvalue weighted by molar-refractivity contribution is 5.98. The summed E-state index contributed by atoms with van der Waals surface area (Å²) in [7, 11) is 0. The van der Waals surface area contributed by atoms with Crippen molar-refractivity contribution in [1.29, 1.82) is 0 Å². The standard InChI is InChI=1S/C21H29N5O2.ClH/c1-14-6-8-26(18(9-14)11-22)21(28)16-3-2-7-25(13-16)20(27)15-4-5-19-17(10-15)12-23-24-19;/h4-5,10,12,14,16,18H,2-3,6-9,11,13,22H2,1H3,(H,23,24);1H. The van der Waals surface area contributed by atoms with Crippen LogP contribution in [0, 0.1) is 11.8 Å². The summed E-state index contributed by atoms with van der Waals surface area (Å²) in [5, 5.41) is 7.83. The number of aromatic nitrogens is 2. The maximum atomic E-state index is 13.2. The number of nitrogens with two attached hydrogens (primary N) is 1. The number of aromatic amines is 1. The number of H-pyrrole nitrogens is 1. The van der Waals surface area contributed by atoms with E-state index in [9.17, 15) is 9.59 Å². The minimum Gasteiger partial charge on any atom is -0.338 e. The molecule has 2 amide bonds. The van der Waals surface area contributed by atoms with E-state index in [-0.39, 0.29) is 36.2 Å². The van der Waals surface area contributed by atoms with Gasteiger partial charge in [-0.15, -0.1) is 12.4 Å². The van der Waals surface area contributed by atoms with Crippen LogP contribution in [0.15, 0.2) is 24.4 Å². The number of rotatable bonds is 3. The number of carbonyl (C=O) groups is 2. The molecule has 0 saturated carbocycles. The first-order valence-corrected chi connectivity index (χ1v) is 10.3. The fourth-order valence-electron chi connectivity index (χ4n) is 4.62. The number of amides is 2. The van der Waals surface area contributed by atoms with Crippen molar-refractivity contribution in [2.45, 2.75) is 38.6 Å². The van der Waals surface area contributed by atoms with Crippen molar-refractivity contribution >= 4 is 35.1 Å². The molecule has 4 rings (SSSR count). The molecule has 1 aromatic heterocycles. The lowest BCUT2D eigenvalue weighted by Crippen LogP contribution is -2.54. The van der Waals surface area contributed by atoms with E-state index in [0.717, 1.165) is 43.1 Å². The molecule has 2 aliphatic rings. The van der Waals surface area contributed by atoms with Gasteiger partial charge in [-0.2, -0.15) is 5.10 Å². The van der Waals surface area contributed by atoms with Crippen LogP contribution in [-0.2, 0) is 4.79 Å². The predicted molar refractivity (Wildman–Crippen MR) is 115 cm³/mol. The second-order valence-corrected chi connectivity index (χ2v) is 8.31. The molecule has 2 aromatic rings. The number of likely N-dealkylation sites (tertiary alicyclic amines) is 2. The molecule has 29 heavy (non-hydrogen) atoms. The Bertz CT molecular complexity index is 870. The van der Waals surface area contributed by atoms with Gasteiger partial charge in [0.1, 0.15) is 0 Å². The van der Waals surface area contributed by atoms with Gasteiger partial charge in [0, 0.05) is 43.2 Å². The van der Waals surface area contributed by atoms with Gasteiger partial charge in [0.2, 0.25) is 5.91 Å². The molecule has 0 radical (unpaired) electrons. The van der Waals surface area contributed by atoms with E-state index in [2.05, 4.69) is 17.1 Å². The summed E-state index contributed by atoms with van der Waals surface area (Å²) in [6.07, 6.45) is 5.42. The van der Waals surface area contributed by atoms with Gasteiger partial charge in [0.15, 0.2) is 0 Å². The normalized spacial score (nSPS) is 25.0. The first-order chi connectivity index (χ1) is 13.6. The molecule has 0 aliphatic carbocycles. The first kappa shape index (κ1) is 21.6. The van der Waals surface area contributed by atoms with E-state index in [4.69, 9.17) is 5.73 Å². The zero-order valence-corrected chi connectivity index (χ0v) is 17.7. The highest BCUT2D eigenvalue weighted by Crippen LogP contribution is 2.27. The Kier molecular flexibility index (Phi) is 6.80. The second-order valence-electron chi connectivity index (χ2n) is 8.31. The van der Waals surface area contributed by atoms with Crippen LogP contribution in [-0.4, -0.2) is 64.0 Å². The molecular weight excluding hydrogens is 390 g/mol. The Morgan fingerprint density at radius 2 is 2.10 bits per heavy atom. The second kappa shape index (κ2) is 9.13. The summed E-state index contributed by atoms with van der Waals surface area (Å²) in [6, 6.07) is 5.70. The highest BCUT2D eigenvalue weighted by Gasteiger charge is 2.36. The number of carbonyl (C=O) groups excluding carboxylic acids is 2. The lowest BCUT2D eigenvalue weighted by Gasteiger charge is -2.41. The van der Waals surface area contributed by atoms with Gasteiger partial charge < -0.3 is 15.5 Å². The molecule has 0 spiro atoms. The fraction of sp³-hybridized carbons (Fsp3) is 0.571. The van der Waals surface area contributed by atoms with Crippen molar-refractivity contribution in [1.82, 2.24) is 20.0 Å². The van der Waals surface area contributed by atoms with Crippen LogP contribution in [0.4, 0.5) is 0 Å². The van der Waals surface area contributed by atoms with Crippen LogP contribution in [0.25, 0.3) is 10.9 Å². The van der Waals surface area contributed by atoms with E-state index in [1.54, 1.807) is 6.20 Å². The number of fused-ring (bicyclic) bond motifs is 1. The van der Waals surface area contributed by atoms with Crippen LogP contribution in [0.1, 0.15) is 43.0 Å². The van der Waals surface area contributed by atoms with Crippen LogP contribution < -0.4 is 5.73 Å². The van der Waals surface area contributed by atoms with Crippen LogP contribution in [0.2, 0.25) is 0 Å². The molecule has 3 unspecified atom stereocenters. The van der Waals surface area contributed by atoms with Gasteiger partial charge in [0.25, 0.3) is 5.91 Å². The minimum absolute atomic E-state index is 0. The zero-order chi connectivity index (χ0) is 19.7. The SMILES string of the molecule is CC1CCN(C(=O)C2CCCN(C(=O)c3ccc4[nH]ncc4c3)C2)C(CN)C1.Cl. The number of hydrogen-bond acceptors (Lipinski definition) is 4. The van der Waals surface area contributed by atoms with Gasteiger partial charge >= 0.3 is 0 Å². The number of benzene rings is 1. The number of piperidine rings is 2. The van der Waals surface area contributed by atoms with E-state index in [1.165, 1.54) is 0 Å². The highest BCUT2D eigenvalue weighted by atomic mass is 35.5. The van der Waals surface area contributed by atoms with Crippen molar-refractivity contribution in [2.24, 2.45) is 17.6 Å². The molecular formula is C21H30ClN5O2. The maximum absolute atomic E-state index is 13.2. The maximum Gasteiger partial charge on any atom is 0.253 e. The molecule has 0 bridgehead atoms. The third-order valence-corrected chi connectivity index (χ3v) is 6.28. The van der Waals surface area contributed by atoms with Crippen molar-refractivity contribution in [3.63, 3.8) is 0 Å². The lowest BCUT2D eigenvalue weighted by atomic mass is 9.89. The molecule has 3 N–H and O–H groups in total. The molecule has 2 aliphatic heterocycles. The quantitative estimate of drug-likeness (QED) is 0.798. The Balaban J connectivity index is 0.00000240. The minimum atomic E-state index is -0.127. The molecule has 158 valence electrons. The number of nitrogens with one attached hydrogen (secondary N) is 1. The predicted octanol–water partition coefficient (Wildman–Crippen LogP) is 2.42. The number of halogens is 1. The summed E-state index contributed by atoms with van der Waals surface area (Å²) >= 11 is 0. The Hall–Kier alpha value is -2.12. The molecule has 8 heteroatoms. The molecule has 3 atom stereocenters. The summed E-state index contributed by atoms with van der Waals surface area (Å²) in [4.78, 5) is 30.0. The lowest BCUT2D eigenvalue weighted by molar-refractivity contribution is -0.141. The molecule has 2 saturated heterocycles. The average molecular weight is 420 g/mol. The Labute approximate surface area is 177 Å². The van der Waals surface area contributed by atoms with Crippen LogP contribution >= 0.6 is 12.4 Å². The van der Waals surface area contributed by atoms with Crippen molar-refractivity contribution in [3.8, 4) is 0 Å². The van der Waals surface area contributed by atoms with E-state index in [0.29, 0.717) is 31.1 Å². The van der Waals surface area contributed by atoms with Crippen molar-refractivity contribution in [2.75, 3.05) is 26.2 Å². The summed E-state index contributed by atoms with van der Waals surface area (Å²) in [6.45, 7) is 4.70. The summed E-state index contributed by atoms with van der Waals surface area (Å²) in [5.74, 6) is 0.645. The van der Waals surface area contributed by atoms with Gasteiger partial charge in [-0.1, -0.05) is 6.92 Å². The third-order valence-electron chi connectivity index (χ3n) is 6.28. The van der Waals surface area contributed by atoms with Crippen molar-refractivity contribution in [3.05, 3.63) is 30.0 Å². The number of hydrogen-bond donors (Lipinski definition) is 2. The van der Waals surface area contributed by atoms with Crippen molar-refractivity contribution < 1.29 is 9.59 Å². The molecule has 7 nitrogen and oxygen atoms in total.